The first-order valence-corrected chi connectivity index (χ1v) is 6.41. The minimum atomic E-state index is -0.247. The van der Waals surface area contributed by atoms with E-state index in [1.165, 1.54) is 12.1 Å². The lowest BCUT2D eigenvalue weighted by Crippen LogP contribution is -2.20. The van der Waals surface area contributed by atoms with Crippen LogP contribution in [0.25, 0.3) is 0 Å². The molecule has 2 rings (SSSR count). The van der Waals surface area contributed by atoms with Crippen LogP contribution in [0, 0.1) is 12.7 Å². The van der Waals surface area contributed by atoms with Gasteiger partial charge in [-0.05, 0) is 43.2 Å². The summed E-state index contributed by atoms with van der Waals surface area (Å²) in [7, 11) is 0. The monoisotopic (exact) mass is 276 g/mol. The van der Waals surface area contributed by atoms with E-state index in [0.717, 1.165) is 0 Å². The Kier molecular flexibility index (Phi) is 4.40. The highest BCUT2D eigenvalue weighted by Crippen LogP contribution is 2.16. The number of pyridine rings is 1. The van der Waals surface area contributed by atoms with Gasteiger partial charge in [0.15, 0.2) is 0 Å². The number of nitrogens with zero attached hydrogens (tertiary/aromatic N) is 1. The third-order valence-corrected chi connectivity index (χ3v) is 2.95. The van der Waals surface area contributed by atoms with Gasteiger partial charge in [0, 0.05) is 24.5 Å². The Morgan fingerprint density at radius 2 is 2.10 bits per heavy atom. The van der Waals surface area contributed by atoms with Crippen molar-refractivity contribution in [3.63, 3.8) is 0 Å². The topological polar surface area (TPSA) is 57.2 Å². The first kappa shape index (κ1) is 14.1. The summed E-state index contributed by atoms with van der Waals surface area (Å²) in [5.41, 5.74) is 6.65. The Hall–Kier alpha value is -2.30. The van der Waals surface area contributed by atoms with Crippen LogP contribution in [0.3, 0.4) is 0 Å². The van der Waals surface area contributed by atoms with E-state index in [9.17, 15) is 9.18 Å². The molecule has 0 amide bonds. The third kappa shape index (κ3) is 3.60. The van der Waals surface area contributed by atoms with E-state index < -0.39 is 0 Å². The minimum absolute atomic E-state index is 0.0863. The number of anilines is 1. The average molecular weight is 276 g/mol. The van der Waals surface area contributed by atoms with Gasteiger partial charge in [-0.15, -0.1) is 0 Å². The van der Waals surface area contributed by atoms with Gasteiger partial charge >= 0.3 is 0 Å². The zero-order valence-corrected chi connectivity index (χ0v) is 11.3. The van der Waals surface area contributed by atoms with E-state index in [0.29, 0.717) is 36.6 Å². The summed E-state index contributed by atoms with van der Waals surface area (Å²) < 4.78 is 20.2. The maximum absolute atomic E-state index is 13.1. The van der Waals surface area contributed by atoms with Crippen molar-refractivity contribution in [1.82, 2.24) is 4.57 Å². The molecule has 0 saturated carbocycles. The Morgan fingerprint density at radius 1 is 1.30 bits per heavy atom. The van der Waals surface area contributed by atoms with Gasteiger partial charge in [0.2, 0.25) is 0 Å². The van der Waals surface area contributed by atoms with Crippen LogP contribution in [-0.4, -0.2) is 11.2 Å². The van der Waals surface area contributed by atoms with E-state index >= 15 is 0 Å². The summed E-state index contributed by atoms with van der Waals surface area (Å²) >= 11 is 0. The molecule has 4 nitrogen and oxygen atoms in total. The second-order valence-electron chi connectivity index (χ2n) is 4.61. The summed E-state index contributed by atoms with van der Waals surface area (Å²) in [4.78, 5) is 11.5. The van der Waals surface area contributed by atoms with Crippen molar-refractivity contribution in [2.45, 2.75) is 19.9 Å². The molecule has 0 spiro atoms. The highest BCUT2D eigenvalue weighted by Gasteiger charge is 2.01. The number of rotatable bonds is 5. The molecule has 20 heavy (non-hydrogen) atoms. The smallest absolute Gasteiger partial charge is 0.250 e. The van der Waals surface area contributed by atoms with E-state index in [4.69, 9.17) is 10.5 Å². The quantitative estimate of drug-likeness (QED) is 0.853. The highest BCUT2D eigenvalue weighted by molar-refractivity contribution is 5.33. The van der Waals surface area contributed by atoms with Gasteiger partial charge in [0.25, 0.3) is 5.56 Å². The molecule has 0 saturated heterocycles. The Balaban J connectivity index is 1.86. The second kappa shape index (κ2) is 6.23. The molecule has 1 aromatic heterocycles. The van der Waals surface area contributed by atoms with Crippen molar-refractivity contribution in [3.8, 4) is 5.75 Å². The molecule has 0 bridgehead atoms. The number of aromatic nitrogens is 1. The summed E-state index contributed by atoms with van der Waals surface area (Å²) in [5, 5.41) is 0. The lowest BCUT2D eigenvalue weighted by molar-refractivity contribution is 0.300. The second-order valence-corrected chi connectivity index (χ2v) is 4.61. The molecular formula is C15H17FN2O2. The zero-order valence-electron chi connectivity index (χ0n) is 11.3. The molecule has 0 aliphatic rings. The normalized spacial score (nSPS) is 10.5. The van der Waals surface area contributed by atoms with Gasteiger partial charge in [-0.3, -0.25) is 4.79 Å². The maximum Gasteiger partial charge on any atom is 0.250 e. The number of nitrogen functional groups attached to an aromatic ring is 1. The van der Waals surface area contributed by atoms with Crippen LogP contribution in [0.1, 0.15) is 12.0 Å². The van der Waals surface area contributed by atoms with Crippen molar-refractivity contribution < 1.29 is 9.13 Å². The molecule has 0 aliphatic heterocycles. The fourth-order valence-corrected chi connectivity index (χ4v) is 1.86. The molecule has 2 N–H and O–H groups in total. The molecule has 106 valence electrons. The van der Waals surface area contributed by atoms with Crippen molar-refractivity contribution in [1.29, 1.82) is 0 Å². The molecular weight excluding hydrogens is 259 g/mol. The fourth-order valence-electron chi connectivity index (χ4n) is 1.86. The van der Waals surface area contributed by atoms with Crippen molar-refractivity contribution >= 4 is 5.69 Å². The van der Waals surface area contributed by atoms with Crippen molar-refractivity contribution in [2.24, 2.45) is 0 Å². The summed E-state index contributed by atoms with van der Waals surface area (Å²) in [6.07, 6.45) is 2.28. The Bertz CT molecular complexity index is 653. The largest absolute Gasteiger partial charge is 0.494 e. The van der Waals surface area contributed by atoms with Gasteiger partial charge in [0.05, 0.1) is 6.61 Å². The lowest BCUT2D eigenvalue weighted by Gasteiger charge is -2.09. The van der Waals surface area contributed by atoms with E-state index in [-0.39, 0.29) is 11.4 Å². The number of benzene rings is 1. The average Bonchev–Trinajstić information content (AvgIpc) is 2.42. The van der Waals surface area contributed by atoms with Gasteiger partial charge in [0.1, 0.15) is 11.6 Å². The van der Waals surface area contributed by atoms with Gasteiger partial charge in [-0.1, -0.05) is 0 Å². The SMILES string of the molecule is Cc1cc(OCCCn2cc(N)ccc2=O)ccc1F. The first-order valence-electron chi connectivity index (χ1n) is 6.41. The van der Waals surface area contributed by atoms with E-state index in [2.05, 4.69) is 0 Å². The zero-order chi connectivity index (χ0) is 14.5. The molecule has 0 aliphatic carbocycles. The molecule has 2 aromatic rings. The Morgan fingerprint density at radius 3 is 2.85 bits per heavy atom. The first-order chi connectivity index (χ1) is 9.56. The van der Waals surface area contributed by atoms with E-state index in [1.807, 2.05) is 0 Å². The molecule has 0 atom stereocenters. The molecule has 1 aromatic carbocycles. The molecule has 0 unspecified atom stereocenters. The molecule has 0 radical (unpaired) electrons. The van der Waals surface area contributed by atoms with Crippen molar-refractivity contribution in [3.05, 3.63) is 58.3 Å². The Labute approximate surface area is 116 Å². The predicted octanol–water partition coefficient (Wildman–Crippen LogP) is 2.35. The standard InChI is InChI=1S/C15H17FN2O2/c1-11-9-13(4-5-14(11)16)20-8-2-7-18-10-12(17)3-6-15(18)19/h3-6,9-10H,2,7-8,17H2,1H3. The number of halogens is 1. The summed E-state index contributed by atoms with van der Waals surface area (Å²) in [5.74, 6) is 0.382. The molecule has 1 heterocycles. The number of nitrogens with two attached hydrogens (primary N) is 1. The van der Waals surface area contributed by atoms with Crippen LogP contribution in [0.5, 0.6) is 5.75 Å². The molecule has 0 fully saturated rings. The third-order valence-electron chi connectivity index (χ3n) is 2.95. The van der Waals surface area contributed by atoms with Gasteiger partial charge in [-0.25, -0.2) is 4.39 Å². The summed E-state index contributed by atoms with van der Waals surface area (Å²) in [6.45, 7) is 2.67. The van der Waals surface area contributed by atoms with Crippen LogP contribution in [-0.2, 0) is 6.54 Å². The maximum atomic E-state index is 13.1. The number of hydrogen-bond donors (Lipinski definition) is 1. The van der Waals surface area contributed by atoms with Gasteiger partial charge in [-0.2, -0.15) is 0 Å². The van der Waals surface area contributed by atoms with Gasteiger partial charge < -0.3 is 15.0 Å². The van der Waals surface area contributed by atoms with Crippen LogP contribution in [0.4, 0.5) is 10.1 Å². The number of ether oxygens (including phenoxy) is 1. The van der Waals surface area contributed by atoms with Crippen LogP contribution in [0.2, 0.25) is 0 Å². The van der Waals surface area contributed by atoms with Crippen LogP contribution in [0.15, 0.2) is 41.3 Å². The number of hydrogen-bond acceptors (Lipinski definition) is 3. The van der Waals surface area contributed by atoms with Crippen molar-refractivity contribution in [2.75, 3.05) is 12.3 Å². The van der Waals surface area contributed by atoms with E-state index in [1.54, 1.807) is 35.9 Å². The minimum Gasteiger partial charge on any atom is -0.494 e. The predicted molar refractivity (Wildman–Crippen MR) is 76.4 cm³/mol. The lowest BCUT2D eigenvalue weighted by atomic mass is 10.2. The highest BCUT2D eigenvalue weighted by atomic mass is 19.1. The molecule has 5 heteroatoms. The van der Waals surface area contributed by atoms with Crippen LogP contribution < -0.4 is 16.0 Å². The number of aryl methyl sites for hydroxylation is 2. The summed E-state index contributed by atoms with van der Waals surface area (Å²) in [6, 6.07) is 7.65. The van der Waals surface area contributed by atoms with Crippen LogP contribution >= 0.6 is 0 Å². The fraction of sp³-hybridized carbons (Fsp3) is 0.267.